The number of carbonyl (C=O) groups excluding carboxylic acids is 1. The summed E-state index contributed by atoms with van der Waals surface area (Å²) in [5.41, 5.74) is 2.20. The number of halogens is 2. The van der Waals surface area contributed by atoms with Crippen LogP contribution >= 0.6 is 43.2 Å². The van der Waals surface area contributed by atoms with Crippen LogP contribution in [0.15, 0.2) is 54.0 Å². The largest absolute Gasteiger partial charge is 0.503 e. The van der Waals surface area contributed by atoms with Gasteiger partial charge in [-0.15, -0.1) is 10.2 Å². The molecule has 0 bridgehead atoms. The second-order valence-corrected chi connectivity index (χ2v) is 9.25. The number of phenolic OH excluding ortho intramolecular Hbond substituents is 1. The minimum atomic E-state index is -0.846. The van der Waals surface area contributed by atoms with Gasteiger partial charge in [0.05, 0.1) is 28.6 Å². The third kappa shape index (κ3) is 3.07. The monoisotopic (exact) mass is 563 g/mol. The highest BCUT2D eigenvalue weighted by Crippen LogP contribution is 2.45. The fourth-order valence-corrected chi connectivity index (χ4v) is 5.04. The van der Waals surface area contributed by atoms with E-state index in [4.69, 9.17) is 9.15 Å². The highest BCUT2D eigenvalue weighted by molar-refractivity contribution is 9.10. The van der Waals surface area contributed by atoms with E-state index < -0.39 is 11.9 Å². The number of hydrogen-bond donors (Lipinski definition) is 1. The number of fused-ring (bicyclic) bond motifs is 2. The predicted octanol–water partition coefficient (Wildman–Crippen LogP) is 4.63. The number of benzene rings is 2. The Morgan fingerprint density at radius 1 is 1.23 bits per heavy atom. The predicted molar refractivity (Wildman–Crippen MR) is 121 cm³/mol. The molecule has 0 radical (unpaired) electrons. The molecule has 1 aliphatic rings. The molecular weight excluding hydrogens is 554 g/mol. The van der Waals surface area contributed by atoms with E-state index in [1.807, 2.05) is 0 Å². The third-order valence-electron chi connectivity index (χ3n) is 4.97. The van der Waals surface area contributed by atoms with Gasteiger partial charge in [-0.05, 0) is 51.8 Å². The highest BCUT2D eigenvalue weighted by Gasteiger charge is 2.45. The maximum absolute atomic E-state index is 13.5. The Kier molecular flexibility index (Phi) is 4.83. The zero-order valence-corrected chi connectivity index (χ0v) is 19.6. The van der Waals surface area contributed by atoms with Gasteiger partial charge < -0.3 is 14.3 Å². The number of anilines is 1. The summed E-state index contributed by atoms with van der Waals surface area (Å²) in [6.07, 6.45) is 0. The highest BCUT2D eigenvalue weighted by atomic mass is 79.9. The van der Waals surface area contributed by atoms with Gasteiger partial charge in [-0.2, -0.15) is 0 Å². The Hall–Kier alpha value is -2.76. The number of rotatable bonds is 3. The van der Waals surface area contributed by atoms with Gasteiger partial charge >= 0.3 is 0 Å². The van der Waals surface area contributed by atoms with Crippen molar-refractivity contribution in [2.45, 2.75) is 6.04 Å². The van der Waals surface area contributed by atoms with Crippen molar-refractivity contribution >= 4 is 65.2 Å². The van der Waals surface area contributed by atoms with E-state index in [-0.39, 0.29) is 28.3 Å². The molecule has 0 aliphatic carbocycles. The van der Waals surface area contributed by atoms with Crippen molar-refractivity contribution in [3.63, 3.8) is 0 Å². The lowest BCUT2D eigenvalue weighted by Gasteiger charge is -2.23. The molecule has 1 atom stereocenters. The summed E-state index contributed by atoms with van der Waals surface area (Å²) in [6, 6.07) is 7.39. The van der Waals surface area contributed by atoms with Crippen molar-refractivity contribution in [3.8, 4) is 11.5 Å². The van der Waals surface area contributed by atoms with Crippen LogP contribution in [0.4, 0.5) is 5.13 Å². The topological polar surface area (TPSA) is 106 Å². The third-order valence-corrected chi connectivity index (χ3v) is 6.76. The summed E-state index contributed by atoms with van der Waals surface area (Å²) in [6.45, 7) is 0. The number of nitrogens with zero attached hydrogens (tertiary/aromatic N) is 3. The fourth-order valence-electron chi connectivity index (χ4n) is 3.64. The van der Waals surface area contributed by atoms with Crippen molar-refractivity contribution in [3.05, 3.63) is 71.9 Å². The maximum Gasteiger partial charge on any atom is 0.297 e. The Morgan fingerprint density at radius 3 is 2.74 bits per heavy atom. The Balaban J connectivity index is 1.85. The summed E-state index contributed by atoms with van der Waals surface area (Å²) < 4.78 is 12.2. The van der Waals surface area contributed by atoms with Crippen LogP contribution in [0.25, 0.3) is 11.0 Å². The maximum atomic E-state index is 13.5. The van der Waals surface area contributed by atoms with Crippen molar-refractivity contribution < 1.29 is 19.1 Å². The molecule has 156 valence electrons. The van der Waals surface area contributed by atoms with Gasteiger partial charge in [-0.25, -0.2) is 0 Å². The first-order valence-corrected chi connectivity index (χ1v) is 11.3. The molecule has 1 amide bonds. The molecule has 0 fully saturated rings. The number of methoxy groups -OCH3 is 1. The molecule has 0 saturated carbocycles. The molecule has 0 spiro atoms. The molecule has 8 nitrogen and oxygen atoms in total. The first-order chi connectivity index (χ1) is 14.9. The number of carbonyl (C=O) groups is 1. The van der Waals surface area contributed by atoms with Crippen molar-refractivity contribution in [1.29, 1.82) is 0 Å². The zero-order chi connectivity index (χ0) is 21.9. The van der Waals surface area contributed by atoms with Gasteiger partial charge in [-0.3, -0.25) is 14.5 Å². The summed E-state index contributed by atoms with van der Waals surface area (Å²) in [7, 11) is 1.42. The van der Waals surface area contributed by atoms with E-state index >= 15 is 0 Å². The molecule has 31 heavy (non-hydrogen) atoms. The van der Waals surface area contributed by atoms with E-state index in [9.17, 15) is 14.7 Å². The van der Waals surface area contributed by atoms with Gasteiger partial charge in [0, 0.05) is 4.47 Å². The van der Waals surface area contributed by atoms with Gasteiger partial charge in [0.25, 0.3) is 5.91 Å². The molecular formula is C20H11Br2N3O5S. The summed E-state index contributed by atoms with van der Waals surface area (Å²) in [5, 5.41) is 18.8. The number of phenols is 1. The van der Waals surface area contributed by atoms with Crippen LogP contribution < -0.4 is 15.1 Å². The summed E-state index contributed by atoms with van der Waals surface area (Å²) in [5.74, 6) is -0.451. The Morgan fingerprint density at radius 2 is 2.03 bits per heavy atom. The molecule has 1 unspecified atom stereocenters. The standard InChI is InChI=1S/C20H11Br2N3O5S/c1-29-13-5-8(4-11(22)17(13)27)15-14-16(26)10-6-9(21)2-3-12(10)30-18(14)19(28)25(15)20-24-23-7-31-20/h2-7,15,27H,1H3. The number of aromatic hydroxyl groups is 1. The number of aromatic nitrogens is 2. The van der Waals surface area contributed by atoms with E-state index in [2.05, 4.69) is 42.1 Å². The lowest BCUT2D eigenvalue weighted by Crippen LogP contribution is -2.29. The molecule has 2 aromatic heterocycles. The van der Waals surface area contributed by atoms with Gasteiger partial charge in [0.1, 0.15) is 11.1 Å². The van der Waals surface area contributed by atoms with Crippen LogP contribution in [0.5, 0.6) is 11.5 Å². The molecule has 4 aromatic rings. The summed E-state index contributed by atoms with van der Waals surface area (Å²) in [4.78, 5) is 28.3. The molecule has 0 saturated heterocycles. The Labute approximate surface area is 195 Å². The SMILES string of the molecule is COc1cc(C2c3c(oc4ccc(Br)cc4c3=O)C(=O)N2c2nncs2)cc(Br)c1O. The van der Waals surface area contributed by atoms with Gasteiger partial charge in [-0.1, -0.05) is 27.3 Å². The second kappa shape index (κ2) is 7.43. The van der Waals surface area contributed by atoms with E-state index in [1.54, 1.807) is 30.3 Å². The van der Waals surface area contributed by atoms with Crippen molar-refractivity contribution in [2.75, 3.05) is 12.0 Å². The lowest BCUT2D eigenvalue weighted by molar-refractivity contribution is 0.0970. The van der Waals surface area contributed by atoms with Crippen LogP contribution in [-0.2, 0) is 0 Å². The number of amides is 1. The quantitative estimate of drug-likeness (QED) is 0.386. The van der Waals surface area contributed by atoms with Gasteiger partial charge in [0.15, 0.2) is 16.9 Å². The Bertz CT molecular complexity index is 1420. The minimum Gasteiger partial charge on any atom is -0.503 e. The molecule has 3 heterocycles. The number of hydrogen-bond acceptors (Lipinski definition) is 8. The second-order valence-electron chi connectivity index (χ2n) is 6.67. The lowest BCUT2D eigenvalue weighted by atomic mass is 9.98. The van der Waals surface area contributed by atoms with E-state index in [0.29, 0.717) is 30.6 Å². The molecule has 1 N–H and O–H groups in total. The van der Waals surface area contributed by atoms with Crippen LogP contribution in [0.1, 0.15) is 27.7 Å². The van der Waals surface area contributed by atoms with Crippen LogP contribution in [-0.4, -0.2) is 28.3 Å². The normalized spacial score (nSPS) is 15.5. The van der Waals surface area contributed by atoms with Crippen LogP contribution in [0.3, 0.4) is 0 Å². The average Bonchev–Trinajstić information content (AvgIpc) is 3.37. The first-order valence-electron chi connectivity index (χ1n) is 8.83. The van der Waals surface area contributed by atoms with Gasteiger partial charge in [0.2, 0.25) is 10.9 Å². The molecule has 5 rings (SSSR count). The molecule has 2 aromatic carbocycles. The summed E-state index contributed by atoms with van der Waals surface area (Å²) >= 11 is 7.85. The molecule has 1 aliphatic heterocycles. The van der Waals surface area contributed by atoms with E-state index in [1.165, 1.54) is 17.5 Å². The first kappa shape index (κ1) is 20.2. The average molecular weight is 565 g/mol. The zero-order valence-electron chi connectivity index (χ0n) is 15.6. The smallest absolute Gasteiger partial charge is 0.297 e. The van der Waals surface area contributed by atoms with Crippen molar-refractivity contribution in [1.82, 2.24) is 10.2 Å². The van der Waals surface area contributed by atoms with E-state index in [0.717, 1.165) is 11.3 Å². The fraction of sp³-hybridized carbons (Fsp3) is 0.100. The van der Waals surface area contributed by atoms with Crippen molar-refractivity contribution in [2.24, 2.45) is 0 Å². The van der Waals surface area contributed by atoms with Crippen LogP contribution in [0.2, 0.25) is 0 Å². The number of ether oxygens (including phenoxy) is 1. The van der Waals surface area contributed by atoms with Crippen LogP contribution in [0, 0.1) is 0 Å². The molecule has 11 heteroatoms. The minimum absolute atomic E-state index is 0.0526.